The summed E-state index contributed by atoms with van der Waals surface area (Å²) >= 11 is 13.6. The van der Waals surface area contributed by atoms with Crippen LogP contribution in [-0.2, 0) is 17.9 Å². The predicted octanol–water partition coefficient (Wildman–Crippen LogP) is 5.43. The van der Waals surface area contributed by atoms with Gasteiger partial charge in [-0.3, -0.25) is 14.5 Å². The summed E-state index contributed by atoms with van der Waals surface area (Å²) in [6.07, 6.45) is 0.966. The Kier molecular flexibility index (Phi) is 7.44. The fourth-order valence-corrected chi connectivity index (χ4v) is 6.07. The Morgan fingerprint density at radius 2 is 1.74 bits per heavy atom. The summed E-state index contributed by atoms with van der Waals surface area (Å²) < 4.78 is 0. The molecule has 2 heterocycles. The number of amides is 2. The highest BCUT2D eigenvalue weighted by molar-refractivity contribution is 7.14. The van der Waals surface area contributed by atoms with Crippen LogP contribution in [0.25, 0.3) is 0 Å². The van der Waals surface area contributed by atoms with Gasteiger partial charge in [-0.1, -0.05) is 59.6 Å². The molecule has 0 spiro atoms. The lowest BCUT2D eigenvalue weighted by Crippen LogP contribution is -2.48. The molecule has 5 rings (SSSR count). The third-order valence-corrected chi connectivity index (χ3v) is 8.39. The molecule has 182 valence electrons. The van der Waals surface area contributed by atoms with Crippen molar-refractivity contribution in [3.8, 4) is 0 Å². The molecular weight excluding hydrogens is 501 g/mol. The maximum atomic E-state index is 12.9. The van der Waals surface area contributed by atoms with Crippen molar-refractivity contribution in [3.63, 3.8) is 0 Å². The lowest BCUT2D eigenvalue weighted by atomic mass is 10.1. The van der Waals surface area contributed by atoms with E-state index < -0.39 is 0 Å². The minimum Gasteiger partial charge on any atom is -0.347 e. The number of carbonyl (C=O) groups is 2. The Balaban J connectivity index is 1.07. The molecule has 1 aliphatic carbocycles. The highest BCUT2D eigenvalue weighted by Crippen LogP contribution is 2.48. The summed E-state index contributed by atoms with van der Waals surface area (Å²) in [5, 5.41) is 4.04. The second kappa shape index (κ2) is 10.7. The molecule has 1 saturated carbocycles. The average molecular weight is 529 g/mol. The van der Waals surface area contributed by atoms with Crippen molar-refractivity contribution >= 4 is 46.4 Å². The van der Waals surface area contributed by atoms with E-state index in [1.54, 1.807) is 12.1 Å². The van der Waals surface area contributed by atoms with Crippen molar-refractivity contribution in [2.45, 2.75) is 25.4 Å². The molecule has 2 atom stereocenters. The Bertz CT molecular complexity index is 1210. The third-order valence-electron chi connectivity index (χ3n) is 6.74. The normalized spacial score (nSPS) is 20.0. The van der Waals surface area contributed by atoms with Gasteiger partial charge in [0.2, 0.25) is 5.91 Å². The average Bonchev–Trinajstić information content (AvgIpc) is 3.54. The number of carbonyl (C=O) groups excluding carboxylic acids is 2. The van der Waals surface area contributed by atoms with Crippen LogP contribution in [0.4, 0.5) is 0 Å². The first kappa shape index (κ1) is 24.3. The number of piperazine rings is 1. The van der Waals surface area contributed by atoms with Gasteiger partial charge in [-0.05, 0) is 47.7 Å². The van der Waals surface area contributed by atoms with Gasteiger partial charge in [0.1, 0.15) is 0 Å². The van der Waals surface area contributed by atoms with Crippen LogP contribution in [0, 0.1) is 5.92 Å². The Hall–Kier alpha value is -2.38. The van der Waals surface area contributed by atoms with E-state index in [9.17, 15) is 9.59 Å². The van der Waals surface area contributed by atoms with Gasteiger partial charge in [0.25, 0.3) is 5.91 Å². The number of hydrogen-bond acceptors (Lipinski definition) is 4. The van der Waals surface area contributed by atoms with E-state index in [1.165, 1.54) is 16.9 Å². The number of nitrogens with zero attached hydrogens (tertiary/aromatic N) is 2. The van der Waals surface area contributed by atoms with E-state index in [4.69, 9.17) is 23.2 Å². The zero-order chi connectivity index (χ0) is 24.4. The quantitative estimate of drug-likeness (QED) is 0.445. The second-order valence-electron chi connectivity index (χ2n) is 9.15. The number of rotatable bonds is 7. The molecule has 0 radical (unpaired) electrons. The molecule has 3 aromatic rings. The smallest absolute Gasteiger partial charge is 0.261 e. The highest BCUT2D eigenvalue weighted by atomic mass is 35.5. The van der Waals surface area contributed by atoms with Crippen LogP contribution in [-0.4, -0.2) is 47.8 Å². The molecule has 5 nitrogen and oxygen atoms in total. The third kappa shape index (κ3) is 5.89. The zero-order valence-electron chi connectivity index (χ0n) is 19.3. The maximum Gasteiger partial charge on any atom is 0.261 e. The first-order chi connectivity index (χ1) is 17.0. The topological polar surface area (TPSA) is 52.7 Å². The van der Waals surface area contributed by atoms with Crippen LogP contribution >= 0.6 is 34.5 Å². The maximum absolute atomic E-state index is 12.9. The van der Waals surface area contributed by atoms with E-state index in [-0.39, 0.29) is 11.8 Å². The summed E-state index contributed by atoms with van der Waals surface area (Å²) in [6, 6.07) is 19.5. The van der Waals surface area contributed by atoms with Crippen LogP contribution < -0.4 is 5.32 Å². The Morgan fingerprint density at radius 1 is 0.971 bits per heavy atom. The van der Waals surface area contributed by atoms with Crippen LogP contribution in [0.1, 0.15) is 38.0 Å². The van der Waals surface area contributed by atoms with E-state index in [0.717, 1.165) is 49.6 Å². The molecule has 8 heteroatoms. The van der Waals surface area contributed by atoms with Crippen LogP contribution in [0.5, 0.6) is 0 Å². The fraction of sp³-hybridized carbons (Fsp3) is 0.333. The minimum atomic E-state index is -0.111. The van der Waals surface area contributed by atoms with Crippen molar-refractivity contribution in [2.75, 3.05) is 26.2 Å². The number of halogens is 2. The highest BCUT2D eigenvalue weighted by Gasteiger charge is 2.45. The molecule has 0 bridgehead atoms. The predicted molar refractivity (Wildman–Crippen MR) is 141 cm³/mol. The molecule has 2 fully saturated rings. The molecule has 1 saturated heterocycles. The fourth-order valence-electron chi connectivity index (χ4n) is 4.63. The molecule has 2 amide bonds. The molecule has 2 aromatic carbocycles. The van der Waals surface area contributed by atoms with E-state index in [1.807, 2.05) is 41.3 Å². The van der Waals surface area contributed by atoms with E-state index in [0.29, 0.717) is 33.3 Å². The van der Waals surface area contributed by atoms with E-state index >= 15 is 0 Å². The van der Waals surface area contributed by atoms with Gasteiger partial charge in [-0.25, -0.2) is 0 Å². The van der Waals surface area contributed by atoms with Crippen molar-refractivity contribution in [3.05, 3.63) is 91.6 Å². The summed E-state index contributed by atoms with van der Waals surface area (Å²) in [5.74, 6) is 0.715. The summed E-state index contributed by atoms with van der Waals surface area (Å²) in [7, 11) is 0. The van der Waals surface area contributed by atoms with Gasteiger partial charge in [0.05, 0.1) is 4.88 Å². The van der Waals surface area contributed by atoms with Crippen LogP contribution in [0.3, 0.4) is 0 Å². The van der Waals surface area contributed by atoms with Gasteiger partial charge in [0, 0.05) is 60.1 Å². The van der Waals surface area contributed by atoms with Crippen molar-refractivity contribution in [1.82, 2.24) is 15.1 Å². The summed E-state index contributed by atoms with van der Waals surface area (Å²) in [4.78, 5) is 31.7. The number of benzene rings is 2. The van der Waals surface area contributed by atoms with Gasteiger partial charge < -0.3 is 10.2 Å². The molecule has 1 aromatic heterocycles. The SMILES string of the molecule is O=C(NCc1ccc(Cl)cc1Cl)c1ccc(CN2CCN(C(=O)[C@@H]3C[C@H]3c3ccccc3)CC2)s1. The van der Waals surface area contributed by atoms with Gasteiger partial charge in [-0.2, -0.15) is 0 Å². The van der Waals surface area contributed by atoms with Crippen molar-refractivity contribution in [2.24, 2.45) is 5.92 Å². The Labute approximate surface area is 219 Å². The molecule has 1 N–H and O–H groups in total. The standard InChI is InChI=1S/C27H27Cl2N3O2S/c28-20-7-6-19(24(29)14-20)16-30-26(33)25-9-8-21(35-25)17-31-10-12-32(13-11-31)27(34)23-15-22(23)18-4-2-1-3-5-18/h1-9,14,22-23H,10-13,15-17H2,(H,30,33)/t22-,23+/m0/s1. The Morgan fingerprint density at radius 3 is 2.49 bits per heavy atom. The van der Waals surface area contributed by atoms with Gasteiger partial charge >= 0.3 is 0 Å². The number of nitrogens with one attached hydrogen (secondary N) is 1. The molecular formula is C27H27Cl2N3O2S. The summed E-state index contributed by atoms with van der Waals surface area (Å²) in [5.41, 5.74) is 2.10. The minimum absolute atomic E-state index is 0.111. The lowest BCUT2D eigenvalue weighted by Gasteiger charge is -2.34. The molecule has 2 aliphatic rings. The zero-order valence-corrected chi connectivity index (χ0v) is 21.6. The molecule has 1 aliphatic heterocycles. The summed E-state index contributed by atoms with van der Waals surface area (Å²) in [6.45, 7) is 4.37. The monoisotopic (exact) mass is 527 g/mol. The largest absolute Gasteiger partial charge is 0.347 e. The molecule has 0 unspecified atom stereocenters. The first-order valence-electron chi connectivity index (χ1n) is 11.8. The van der Waals surface area contributed by atoms with Crippen LogP contribution in [0.15, 0.2) is 60.7 Å². The van der Waals surface area contributed by atoms with Gasteiger partial charge in [-0.15, -0.1) is 11.3 Å². The van der Waals surface area contributed by atoms with E-state index in [2.05, 4.69) is 22.3 Å². The van der Waals surface area contributed by atoms with Crippen molar-refractivity contribution in [1.29, 1.82) is 0 Å². The molecule has 35 heavy (non-hydrogen) atoms. The number of hydrogen-bond donors (Lipinski definition) is 1. The number of thiophene rings is 1. The lowest BCUT2D eigenvalue weighted by molar-refractivity contribution is -0.134. The van der Waals surface area contributed by atoms with Crippen molar-refractivity contribution < 1.29 is 9.59 Å². The second-order valence-corrected chi connectivity index (χ2v) is 11.2. The van der Waals surface area contributed by atoms with Crippen LogP contribution in [0.2, 0.25) is 10.0 Å². The first-order valence-corrected chi connectivity index (χ1v) is 13.4. The van der Waals surface area contributed by atoms with Gasteiger partial charge in [0.15, 0.2) is 0 Å².